The minimum atomic E-state index is -1.07. The Bertz CT molecular complexity index is 693. The van der Waals surface area contributed by atoms with Crippen molar-refractivity contribution in [2.24, 2.45) is 11.3 Å². The summed E-state index contributed by atoms with van der Waals surface area (Å²) >= 11 is 0. The number of carboxylic acids is 1. The van der Waals surface area contributed by atoms with Gasteiger partial charge in [0.15, 0.2) is 0 Å². The van der Waals surface area contributed by atoms with Crippen LogP contribution in [0, 0.1) is 11.3 Å². The third kappa shape index (κ3) is 3.04. The van der Waals surface area contributed by atoms with E-state index in [0.717, 1.165) is 5.56 Å². The largest absolute Gasteiger partial charge is 0.481 e. The highest BCUT2D eigenvalue weighted by Crippen LogP contribution is 2.43. The Morgan fingerprint density at radius 3 is 2.52 bits per heavy atom. The van der Waals surface area contributed by atoms with Crippen molar-refractivity contribution < 1.29 is 19.5 Å². The number of carbonyl (C=O) groups is 3. The predicted molar refractivity (Wildman–Crippen MR) is 88.7 cm³/mol. The Morgan fingerprint density at radius 2 is 1.96 bits per heavy atom. The van der Waals surface area contributed by atoms with Gasteiger partial charge < -0.3 is 19.8 Å². The number of carboxylic acid groups (broad SMARTS) is 1. The summed E-state index contributed by atoms with van der Waals surface area (Å²) in [5, 5.41) is 9.80. The number of aromatic nitrogens is 1. The SMILES string of the molecule is CN(C)C(=O)N1C[C@H]2CN(C(=O)Cc3cccnc3)C[C@@]2(C(=O)O)C1. The number of carbonyl (C=O) groups excluding carboxylic acids is 2. The molecule has 2 aliphatic rings. The van der Waals surface area contributed by atoms with Crippen molar-refractivity contribution in [3.63, 3.8) is 0 Å². The molecule has 8 nitrogen and oxygen atoms in total. The van der Waals surface area contributed by atoms with Crippen molar-refractivity contribution in [3.8, 4) is 0 Å². The van der Waals surface area contributed by atoms with E-state index in [-0.39, 0.29) is 37.4 Å². The predicted octanol–water partition coefficient (Wildman–Crippen LogP) is 0.151. The molecule has 0 saturated carbocycles. The Kier molecular flexibility index (Phi) is 4.36. The summed E-state index contributed by atoms with van der Waals surface area (Å²) in [6.07, 6.45) is 3.49. The highest BCUT2D eigenvalue weighted by molar-refractivity contribution is 5.84. The maximum Gasteiger partial charge on any atom is 0.319 e. The molecule has 3 amide bonds. The Morgan fingerprint density at radius 1 is 1.28 bits per heavy atom. The van der Waals surface area contributed by atoms with Crippen molar-refractivity contribution >= 4 is 17.9 Å². The van der Waals surface area contributed by atoms with Crippen LogP contribution in [0.3, 0.4) is 0 Å². The van der Waals surface area contributed by atoms with Crippen molar-refractivity contribution in [1.82, 2.24) is 19.7 Å². The van der Waals surface area contributed by atoms with Crippen LogP contribution in [0.1, 0.15) is 5.56 Å². The Balaban J connectivity index is 1.72. The van der Waals surface area contributed by atoms with E-state index in [1.165, 1.54) is 4.90 Å². The summed E-state index contributed by atoms with van der Waals surface area (Å²) in [5.41, 5.74) is -0.269. The number of hydrogen-bond acceptors (Lipinski definition) is 4. The second-order valence-electron chi connectivity index (χ2n) is 7.03. The molecule has 134 valence electrons. The lowest BCUT2D eigenvalue weighted by Crippen LogP contribution is -2.45. The number of fused-ring (bicyclic) bond motifs is 1. The van der Waals surface area contributed by atoms with Gasteiger partial charge in [0.05, 0.1) is 6.42 Å². The molecule has 0 radical (unpaired) electrons. The first-order valence-corrected chi connectivity index (χ1v) is 8.20. The first-order chi connectivity index (χ1) is 11.8. The second-order valence-corrected chi connectivity index (χ2v) is 7.03. The lowest BCUT2D eigenvalue weighted by Gasteiger charge is -2.27. The van der Waals surface area contributed by atoms with Crippen LogP contribution in [0.25, 0.3) is 0 Å². The van der Waals surface area contributed by atoms with E-state index in [4.69, 9.17) is 0 Å². The van der Waals surface area contributed by atoms with E-state index in [9.17, 15) is 19.5 Å². The second kappa shape index (κ2) is 6.34. The molecule has 1 aromatic rings. The molecule has 0 unspecified atom stereocenters. The molecule has 2 atom stereocenters. The molecule has 0 spiro atoms. The summed E-state index contributed by atoms with van der Waals surface area (Å²) in [7, 11) is 3.29. The highest BCUT2D eigenvalue weighted by Gasteiger charge is 2.59. The maximum absolute atomic E-state index is 12.6. The van der Waals surface area contributed by atoms with E-state index >= 15 is 0 Å². The number of urea groups is 1. The van der Waals surface area contributed by atoms with Crippen LogP contribution in [-0.2, 0) is 16.0 Å². The third-order valence-electron chi connectivity index (χ3n) is 5.12. The zero-order valence-corrected chi connectivity index (χ0v) is 14.4. The fraction of sp³-hybridized carbons (Fsp3) is 0.529. The number of likely N-dealkylation sites (tertiary alicyclic amines) is 2. The molecule has 2 aliphatic heterocycles. The standard InChI is InChI=1S/C17H22N4O4/c1-19(2)16(25)21-9-13-8-20(10-17(13,11-21)15(23)24)14(22)6-12-4-3-5-18-7-12/h3-5,7,13H,6,8-11H2,1-2H3,(H,23,24)/t13-,17-/m1/s1. The molecular formula is C17H22N4O4. The molecule has 8 heteroatoms. The number of hydrogen-bond donors (Lipinski definition) is 1. The van der Waals surface area contributed by atoms with Crippen LogP contribution < -0.4 is 0 Å². The van der Waals surface area contributed by atoms with Crippen molar-refractivity contribution in [2.75, 3.05) is 40.3 Å². The Hall–Kier alpha value is -2.64. The lowest BCUT2D eigenvalue weighted by molar-refractivity contribution is -0.149. The third-order valence-corrected chi connectivity index (χ3v) is 5.12. The molecular weight excluding hydrogens is 324 g/mol. The van der Waals surface area contributed by atoms with Gasteiger partial charge >= 0.3 is 12.0 Å². The summed E-state index contributed by atoms with van der Waals surface area (Å²) in [6, 6.07) is 3.40. The quantitative estimate of drug-likeness (QED) is 0.841. The van der Waals surface area contributed by atoms with E-state index < -0.39 is 11.4 Å². The molecule has 1 aromatic heterocycles. The molecule has 0 aromatic carbocycles. The minimum absolute atomic E-state index is 0.103. The van der Waals surface area contributed by atoms with Gasteiger partial charge in [-0.05, 0) is 11.6 Å². The average molecular weight is 346 g/mol. The van der Waals surface area contributed by atoms with Crippen molar-refractivity contribution in [2.45, 2.75) is 6.42 Å². The summed E-state index contributed by atoms with van der Waals surface area (Å²) in [5.74, 6) is -1.29. The summed E-state index contributed by atoms with van der Waals surface area (Å²) < 4.78 is 0. The van der Waals surface area contributed by atoms with Crippen LogP contribution in [0.5, 0.6) is 0 Å². The average Bonchev–Trinajstić information content (AvgIpc) is 3.10. The number of rotatable bonds is 3. The fourth-order valence-corrected chi connectivity index (χ4v) is 3.78. The number of nitrogens with zero attached hydrogens (tertiary/aromatic N) is 4. The molecule has 3 heterocycles. The normalized spacial score (nSPS) is 25.0. The zero-order chi connectivity index (χ0) is 18.2. The molecule has 2 fully saturated rings. The van der Waals surface area contributed by atoms with Gasteiger partial charge in [0.2, 0.25) is 5.91 Å². The Labute approximate surface area is 146 Å². The number of aliphatic carboxylic acids is 1. The lowest BCUT2D eigenvalue weighted by atomic mass is 9.81. The first-order valence-electron chi connectivity index (χ1n) is 8.20. The maximum atomic E-state index is 12.6. The molecule has 3 rings (SSSR count). The van der Waals surface area contributed by atoms with E-state index in [0.29, 0.717) is 13.1 Å². The van der Waals surface area contributed by atoms with Gasteiger partial charge in [-0.2, -0.15) is 0 Å². The van der Waals surface area contributed by atoms with Gasteiger partial charge in [-0.25, -0.2) is 4.79 Å². The summed E-state index contributed by atoms with van der Waals surface area (Å²) in [6.45, 7) is 1.01. The number of pyridine rings is 1. The van der Waals surface area contributed by atoms with E-state index in [2.05, 4.69) is 4.98 Å². The van der Waals surface area contributed by atoms with Crippen LogP contribution in [-0.4, -0.2) is 83.0 Å². The van der Waals surface area contributed by atoms with Crippen LogP contribution in [0.4, 0.5) is 4.79 Å². The van der Waals surface area contributed by atoms with Gasteiger partial charge in [0.1, 0.15) is 5.41 Å². The molecule has 0 bridgehead atoms. The molecule has 2 saturated heterocycles. The summed E-state index contributed by atoms with van der Waals surface area (Å²) in [4.78, 5) is 45.3. The monoisotopic (exact) mass is 346 g/mol. The van der Waals surface area contributed by atoms with Crippen LogP contribution in [0.2, 0.25) is 0 Å². The fourth-order valence-electron chi connectivity index (χ4n) is 3.78. The van der Waals surface area contributed by atoms with Gasteiger partial charge in [0.25, 0.3) is 0 Å². The van der Waals surface area contributed by atoms with Crippen LogP contribution in [0.15, 0.2) is 24.5 Å². The minimum Gasteiger partial charge on any atom is -0.481 e. The smallest absolute Gasteiger partial charge is 0.319 e. The van der Waals surface area contributed by atoms with Crippen molar-refractivity contribution in [3.05, 3.63) is 30.1 Å². The van der Waals surface area contributed by atoms with Crippen molar-refractivity contribution in [1.29, 1.82) is 0 Å². The van der Waals surface area contributed by atoms with E-state index in [1.807, 2.05) is 6.07 Å². The topological polar surface area (TPSA) is 94.1 Å². The van der Waals surface area contributed by atoms with Gasteiger partial charge in [-0.15, -0.1) is 0 Å². The first kappa shape index (κ1) is 17.2. The molecule has 0 aliphatic carbocycles. The van der Waals surface area contributed by atoms with Gasteiger partial charge in [-0.1, -0.05) is 6.07 Å². The molecule has 25 heavy (non-hydrogen) atoms. The van der Waals surface area contributed by atoms with Crippen LogP contribution >= 0.6 is 0 Å². The molecule has 1 N–H and O–H groups in total. The van der Waals surface area contributed by atoms with Gasteiger partial charge in [0, 0.05) is 58.6 Å². The van der Waals surface area contributed by atoms with Gasteiger partial charge in [-0.3, -0.25) is 14.6 Å². The highest BCUT2D eigenvalue weighted by atomic mass is 16.4. The van der Waals surface area contributed by atoms with E-state index in [1.54, 1.807) is 42.4 Å². The number of amides is 3. The zero-order valence-electron chi connectivity index (χ0n) is 14.4.